The Hall–Kier alpha value is -7.33. The van der Waals surface area contributed by atoms with E-state index in [1.54, 1.807) is 28.8 Å². The van der Waals surface area contributed by atoms with Gasteiger partial charge in [0.1, 0.15) is 35.3 Å². The molecule has 0 spiro atoms. The maximum Gasteiger partial charge on any atom is 0.266 e. The smallest absolute Gasteiger partial charge is 0.266 e. The number of H-pyrrole nitrogens is 1. The number of hydrogen-bond acceptors (Lipinski definition) is 12. The van der Waals surface area contributed by atoms with Gasteiger partial charge in [-0.2, -0.15) is 9.97 Å². The van der Waals surface area contributed by atoms with Crippen LogP contribution in [0.1, 0.15) is 77.0 Å². The predicted molar refractivity (Wildman–Crippen MR) is 219 cm³/mol. The van der Waals surface area contributed by atoms with Crippen LogP contribution in [0.2, 0.25) is 0 Å². The number of nitrogens with zero attached hydrogens (tertiary/aromatic N) is 7. The molecule has 3 aliphatic rings. The molecule has 3 aromatic carbocycles. The van der Waals surface area contributed by atoms with E-state index in [0.29, 0.717) is 66.8 Å². The van der Waals surface area contributed by atoms with E-state index in [-0.39, 0.29) is 65.5 Å². The number of fused-ring (bicyclic) bond motifs is 3. The fourth-order valence-corrected chi connectivity index (χ4v) is 7.81. The van der Waals surface area contributed by atoms with Crippen LogP contribution in [0.15, 0.2) is 54.9 Å². The lowest BCUT2D eigenvalue weighted by molar-refractivity contribution is -0.136. The summed E-state index contributed by atoms with van der Waals surface area (Å²) in [5, 5.41) is 5.40. The average Bonchev–Trinajstić information content (AvgIpc) is 3.96. The fourth-order valence-electron chi connectivity index (χ4n) is 7.81. The van der Waals surface area contributed by atoms with Gasteiger partial charge in [-0.15, -0.1) is 0 Å². The molecule has 3 aromatic heterocycles. The molecule has 2 saturated heterocycles. The standard InChI is InChI=1S/C43H38F3N11O5/c44-24-8-5-9-26(20-24)56-22-49-37-38(53-43(54-39(37)56)55-16-14-25(47)15-17-55)48-21-31-50-28-19-23(34(45)35(46)36(28)51-31)7-3-1-2-4-18-62-30-11-6-10-27-33(30)42(61)57(41(27)60)29-12-13-32(58)52-40(29)59/h5-6,8-11,19-20,22,25,29H,1-2,4,12-18,21,47H2,(H,50,51)(H,48,53,54)(H,52,58,59). The van der Waals surface area contributed by atoms with Gasteiger partial charge >= 0.3 is 0 Å². The molecule has 1 atom stereocenters. The SMILES string of the molecule is NC1CCN(c2nc(NCc3nc4c(F)c(F)c(C#CCCCCOc5cccc6c5C(=O)N(C5CCC(=O)NC5=O)C6=O)cc4[nH]3)c3ncn(-c4cccc(F)c4)c3n2)CC1. The number of aromatic nitrogens is 6. The monoisotopic (exact) mass is 845 g/mol. The van der Waals surface area contributed by atoms with Gasteiger partial charge in [-0.3, -0.25) is 34.0 Å². The minimum Gasteiger partial charge on any atom is -0.493 e. The van der Waals surface area contributed by atoms with Gasteiger partial charge in [-0.25, -0.2) is 23.1 Å². The van der Waals surface area contributed by atoms with E-state index in [0.717, 1.165) is 17.7 Å². The number of ether oxygens (including phenoxy) is 1. The topological polar surface area (TPSA) is 206 Å². The summed E-state index contributed by atoms with van der Waals surface area (Å²) in [4.78, 5) is 74.8. The maximum atomic E-state index is 15.4. The molecule has 5 N–H and O–H groups in total. The van der Waals surface area contributed by atoms with Crippen LogP contribution in [0.3, 0.4) is 0 Å². The number of nitrogens with two attached hydrogens (primary N) is 1. The molecule has 0 radical (unpaired) electrons. The van der Waals surface area contributed by atoms with Crippen molar-refractivity contribution >= 4 is 57.6 Å². The van der Waals surface area contributed by atoms with E-state index in [1.165, 1.54) is 30.6 Å². The van der Waals surface area contributed by atoms with Crippen molar-refractivity contribution in [3.05, 3.63) is 94.8 Å². The molecule has 0 saturated carbocycles. The number of imidazole rings is 2. The molecular formula is C43H38F3N11O5. The van der Waals surface area contributed by atoms with E-state index in [1.807, 2.05) is 4.90 Å². The zero-order chi connectivity index (χ0) is 43.1. The number of aromatic amines is 1. The molecule has 6 aromatic rings. The normalized spacial score (nSPS) is 16.8. The van der Waals surface area contributed by atoms with Crippen LogP contribution in [0.4, 0.5) is 24.9 Å². The molecule has 62 heavy (non-hydrogen) atoms. The van der Waals surface area contributed by atoms with Gasteiger partial charge in [-0.05, 0) is 68.5 Å². The Bertz CT molecular complexity index is 2860. The van der Waals surface area contributed by atoms with Crippen molar-refractivity contribution in [2.24, 2.45) is 5.73 Å². The van der Waals surface area contributed by atoms with E-state index in [2.05, 4.69) is 37.4 Å². The minimum atomic E-state index is -1.15. The number of piperidine rings is 2. The first-order valence-electron chi connectivity index (χ1n) is 20.1. The molecule has 19 heteroatoms. The van der Waals surface area contributed by atoms with E-state index in [4.69, 9.17) is 20.4 Å². The second-order valence-corrected chi connectivity index (χ2v) is 15.2. The zero-order valence-corrected chi connectivity index (χ0v) is 33.0. The quantitative estimate of drug-likeness (QED) is 0.0799. The molecule has 3 aliphatic heterocycles. The summed E-state index contributed by atoms with van der Waals surface area (Å²) in [6.07, 6.45) is 4.44. The number of amides is 4. The minimum absolute atomic E-state index is 0.0107. The largest absolute Gasteiger partial charge is 0.493 e. The van der Waals surface area contributed by atoms with Crippen LogP contribution in [0.5, 0.6) is 5.75 Å². The summed E-state index contributed by atoms with van der Waals surface area (Å²) in [7, 11) is 0. The Morgan fingerprint density at radius 2 is 1.74 bits per heavy atom. The number of rotatable bonds is 11. The maximum absolute atomic E-state index is 15.4. The van der Waals surface area contributed by atoms with Crippen molar-refractivity contribution in [3.63, 3.8) is 0 Å². The lowest BCUT2D eigenvalue weighted by Crippen LogP contribution is -2.54. The molecule has 2 fully saturated rings. The number of hydrogen-bond donors (Lipinski definition) is 4. The molecule has 0 bridgehead atoms. The van der Waals surface area contributed by atoms with Crippen LogP contribution >= 0.6 is 0 Å². The van der Waals surface area contributed by atoms with Crippen molar-refractivity contribution in [1.82, 2.24) is 39.7 Å². The summed E-state index contributed by atoms with van der Waals surface area (Å²) in [5.74, 6) is 1.73. The number of nitrogens with one attached hydrogen (secondary N) is 3. The molecule has 9 rings (SSSR count). The highest BCUT2D eigenvalue weighted by Crippen LogP contribution is 2.34. The first-order chi connectivity index (χ1) is 30.0. The Labute approximate surface area is 351 Å². The first kappa shape index (κ1) is 40.1. The third-order valence-electron chi connectivity index (χ3n) is 11.0. The van der Waals surface area contributed by atoms with Crippen molar-refractivity contribution in [3.8, 4) is 23.3 Å². The number of halogens is 3. The molecular weight excluding hydrogens is 808 g/mol. The number of carbonyl (C=O) groups excluding carboxylic acids is 4. The summed E-state index contributed by atoms with van der Waals surface area (Å²) < 4.78 is 52.3. The number of carbonyl (C=O) groups is 4. The zero-order valence-electron chi connectivity index (χ0n) is 33.0. The average molecular weight is 846 g/mol. The first-order valence-corrected chi connectivity index (χ1v) is 20.1. The van der Waals surface area contributed by atoms with Gasteiger partial charge in [0.2, 0.25) is 17.8 Å². The third kappa shape index (κ3) is 7.64. The lowest BCUT2D eigenvalue weighted by atomic mass is 10.0. The van der Waals surface area contributed by atoms with E-state index >= 15 is 8.78 Å². The molecule has 316 valence electrons. The highest BCUT2D eigenvalue weighted by Gasteiger charge is 2.46. The van der Waals surface area contributed by atoms with Crippen molar-refractivity contribution in [2.75, 3.05) is 29.9 Å². The van der Waals surface area contributed by atoms with Crippen LogP contribution < -0.4 is 26.0 Å². The lowest BCUT2D eigenvalue weighted by Gasteiger charge is -2.30. The van der Waals surface area contributed by atoms with Gasteiger partial charge in [0.05, 0.1) is 41.0 Å². The van der Waals surface area contributed by atoms with Gasteiger partial charge in [0, 0.05) is 32.0 Å². The second kappa shape index (κ2) is 16.6. The molecule has 16 nitrogen and oxygen atoms in total. The van der Waals surface area contributed by atoms with Crippen LogP contribution in [0, 0.1) is 29.3 Å². The summed E-state index contributed by atoms with van der Waals surface area (Å²) in [5.41, 5.74) is 7.60. The van der Waals surface area contributed by atoms with Crippen molar-refractivity contribution in [2.45, 2.75) is 63.6 Å². The van der Waals surface area contributed by atoms with E-state index in [9.17, 15) is 23.6 Å². The van der Waals surface area contributed by atoms with Crippen LogP contribution in [-0.4, -0.2) is 89.8 Å². The van der Waals surface area contributed by atoms with Gasteiger partial charge in [0.25, 0.3) is 11.8 Å². The van der Waals surface area contributed by atoms with Gasteiger partial charge < -0.3 is 25.7 Å². The number of unbranched alkanes of at least 4 members (excludes halogenated alkanes) is 2. The number of imide groups is 2. The van der Waals surface area contributed by atoms with Gasteiger partial charge in [0.15, 0.2) is 28.6 Å². The molecule has 4 amide bonds. The summed E-state index contributed by atoms with van der Waals surface area (Å²) in [6.45, 7) is 1.50. The molecule has 1 unspecified atom stereocenters. The number of anilines is 2. The highest BCUT2D eigenvalue weighted by molar-refractivity contribution is 6.24. The summed E-state index contributed by atoms with van der Waals surface area (Å²) >= 11 is 0. The van der Waals surface area contributed by atoms with Crippen LogP contribution in [0.25, 0.3) is 27.9 Å². The van der Waals surface area contributed by atoms with Crippen molar-refractivity contribution < 1.29 is 37.1 Å². The Kier molecular flexibility index (Phi) is 10.7. The Morgan fingerprint density at radius 3 is 2.55 bits per heavy atom. The summed E-state index contributed by atoms with van der Waals surface area (Å²) in [6, 6.07) is 11.1. The van der Waals surface area contributed by atoms with E-state index < -0.39 is 47.1 Å². The van der Waals surface area contributed by atoms with Crippen LogP contribution in [-0.2, 0) is 16.1 Å². The third-order valence-corrected chi connectivity index (χ3v) is 11.0. The molecule has 0 aliphatic carbocycles. The highest BCUT2D eigenvalue weighted by atomic mass is 19.2. The van der Waals surface area contributed by atoms with Gasteiger partial charge in [-0.1, -0.05) is 24.0 Å². The Morgan fingerprint density at radius 1 is 0.919 bits per heavy atom. The molecule has 6 heterocycles. The fraction of sp³-hybridized carbons (Fsp3) is 0.302. The second-order valence-electron chi connectivity index (χ2n) is 15.2. The predicted octanol–water partition coefficient (Wildman–Crippen LogP) is 4.65. The Balaban J connectivity index is 0.847. The number of benzene rings is 3. The van der Waals surface area contributed by atoms with Crippen molar-refractivity contribution in [1.29, 1.82) is 0 Å².